The molecule has 1 saturated heterocycles. The van der Waals surface area contributed by atoms with E-state index in [0.717, 1.165) is 25.8 Å². The van der Waals surface area contributed by atoms with Crippen molar-refractivity contribution in [1.82, 2.24) is 4.90 Å². The van der Waals surface area contributed by atoms with Crippen LogP contribution >= 0.6 is 0 Å². The van der Waals surface area contributed by atoms with Gasteiger partial charge in [0.05, 0.1) is 12.7 Å². The summed E-state index contributed by atoms with van der Waals surface area (Å²) in [5, 5.41) is 9.15. The molecule has 1 aromatic rings. The average molecular weight is 278 g/mol. The van der Waals surface area contributed by atoms with Crippen molar-refractivity contribution in [2.75, 3.05) is 26.0 Å². The topological polar surface area (TPSA) is 75.8 Å². The van der Waals surface area contributed by atoms with Crippen LogP contribution in [0.2, 0.25) is 0 Å². The molecule has 20 heavy (non-hydrogen) atoms. The molecule has 5 heteroatoms. The van der Waals surface area contributed by atoms with Gasteiger partial charge in [0.25, 0.3) is 5.91 Å². The highest BCUT2D eigenvalue weighted by Crippen LogP contribution is 2.27. The lowest BCUT2D eigenvalue weighted by molar-refractivity contribution is 0.0571. The maximum atomic E-state index is 12.7. The number of likely N-dealkylation sites (tertiary alicyclic amines) is 1. The van der Waals surface area contributed by atoms with Gasteiger partial charge in [-0.3, -0.25) is 4.79 Å². The van der Waals surface area contributed by atoms with Crippen LogP contribution in [0, 0.1) is 0 Å². The van der Waals surface area contributed by atoms with E-state index in [-0.39, 0.29) is 18.6 Å². The molecule has 5 nitrogen and oxygen atoms in total. The first-order chi connectivity index (χ1) is 9.67. The summed E-state index contributed by atoms with van der Waals surface area (Å²) in [7, 11) is 1.53. The second-order valence-corrected chi connectivity index (χ2v) is 5.12. The Kier molecular flexibility index (Phi) is 4.84. The lowest BCUT2D eigenvalue weighted by Crippen LogP contribution is -2.44. The number of aliphatic hydroxyl groups is 1. The first kappa shape index (κ1) is 14.7. The van der Waals surface area contributed by atoms with Gasteiger partial charge in [-0.25, -0.2) is 0 Å². The van der Waals surface area contributed by atoms with Crippen molar-refractivity contribution < 1.29 is 14.6 Å². The second kappa shape index (κ2) is 6.61. The summed E-state index contributed by atoms with van der Waals surface area (Å²) < 4.78 is 5.26. The van der Waals surface area contributed by atoms with Gasteiger partial charge in [0.1, 0.15) is 5.75 Å². The maximum Gasteiger partial charge on any atom is 0.257 e. The van der Waals surface area contributed by atoms with Crippen LogP contribution in [0.25, 0.3) is 0 Å². The van der Waals surface area contributed by atoms with Gasteiger partial charge < -0.3 is 20.5 Å². The predicted molar refractivity (Wildman–Crippen MR) is 77.8 cm³/mol. The molecule has 0 bridgehead atoms. The second-order valence-electron chi connectivity index (χ2n) is 5.12. The highest BCUT2D eigenvalue weighted by Gasteiger charge is 2.28. The number of nitrogens with zero attached hydrogens (tertiary/aromatic N) is 1. The Bertz CT molecular complexity index is 474. The summed E-state index contributed by atoms with van der Waals surface area (Å²) in [5.41, 5.74) is 6.83. The number of piperidine rings is 1. The summed E-state index contributed by atoms with van der Waals surface area (Å²) in [5.74, 6) is 0.461. The summed E-state index contributed by atoms with van der Waals surface area (Å²) in [6, 6.07) is 5.20. The van der Waals surface area contributed by atoms with Gasteiger partial charge in [0, 0.05) is 30.9 Å². The van der Waals surface area contributed by atoms with Crippen LogP contribution < -0.4 is 10.5 Å². The van der Waals surface area contributed by atoms with E-state index in [1.165, 1.54) is 7.11 Å². The molecule has 2 rings (SSSR count). The minimum Gasteiger partial charge on any atom is -0.496 e. The summed E-state index contributed by atoms with van der Waals surface area (Å²) in [6.45, 7) is 0.838. The number of anilines is 1. The van der Waals surface area contributed by atoms with E-state index >= 15 is 0 Å². The van der Waals surface area contributed by atoms with Crippen molar-refractivity contribution in [3.8, 4) is 5.75 Å². The van der Waals surface area contributed by atoms with Gasteiger partial charge in [-0.1, -0.05) is 0 Å². The summed E-state index contributed by atoms with van der Waals surface area (Å²) >= 11 is 0. The third-order valence-electron chi connectivity index (χ3n) is 3.81. The van der Waals surface area contributed by atoms with Gasteiger partial charge in [-0.2, -0.15) is 0 Å². The molecule has 0 aliphatic carbocycles. The minimum atomic E-state index is -0.0417. The lowest BCUT2D eigenvalue weighted by Gasteiger charge is -2.35. The molecule has 1 heterocycles. The van der Waals surface area contributed by atoms with E-state index < -0.39 is 0 Å². The van der Waals surface area contributed by atoms with Crippen molar-refractivity contribution >= 4 is 11.6 Å². The molecule has 3 N–H and O–H groups in total. The van der Waals surface area contributed by atoms with E-state index in [0.29, 0.717) is 23.4 Å². The Morgan fingerprint density at radius 2 is 2.30 bits per heavy atom. The zero-order chi connectivity index (χ0) is 14.5. The molecular formula is C15H22N2O3. The van der Waals surface area contributed by atoms with Crippen LogP contribution in [-0.4, -0.2) is 42.2 Å². The number of carbonyl (C=O) groups is 1. The van der Waals surface area contributed by atoms with Crippen molar-refractivity contribution in [3.05, 3.63) is 23.8 Å². The van der Waals surface area contributed by atoms with E-state index in [9.17, 15) is 4.79 Å². The quantitative estimate of drug-likeness (QED) is 0.821. The number of nitrogen functional groups attached to an aromatic ring is 1. The number of carbonyl (C=O) groups excluding carboxylic acids is 1. The Labute approximate surface area is 119 Å². The van der Waals surface area contributed by atoms with Gasteiger partial charge in [0.2, 0.25) is 0 Å². The summed E-state index contributed by atoms with van der Waals surface area (Å²) in [4.78, 5) is 14.6. The third-order valence-corrected chi connectivity index (χ3v) is 3.81. The molecule has 1 atom stereocenters. The Morgan fingerprint density at radius 3 is 3.00 bits per heavy atom. The zero-order valence-electron chi connectivity index (χ0n) is 11.8. The van der Waals surface area contributed by atoms with Crippen molar-refractivity contribution in [1.29, 1.82) is 0 Å². The Hall–Kier alpha value is -1.75. The molecule has 1 unspecified atom stereocenters. The van der Waals surface area contributed by atoms with Crippen LogP contribution in [-0.2, 0) is 0 Å². The van der Waals surface area contributed by atoms with Crippen LogP contribution in [0.5, 0.6) is 5.75 Å². The summed E-state index contributed by atoms with van der Waals surface area (Å²) in [6.07, 6.45) is 3.69. The van der Waals surface area contributed by atoms with E-state index in [1.54, 1.807) is 18.2 Å². The molecule has 0 aromatic heterocycles. The third kappa shape index (κ3) is 3.04. The fourth-order valence-electron chi connectivity index (χ4n) is 2.76. The number of nitrogens with two attached hydrogens (primary N) is 1. The van der Waals surface area contributed by atoms with Crippen molar-refractivity contribution in [2.45, 2.75) is 31.7 Å². The molecule has 0 spiro atoms. The normalized spacial score (nSPS) is 18.9. The molecule has 0 saturated carbocycles. The number of amides is 1. The fourth-order valence-corrected chi connectivity index (χ4v) is 2.76. The number of hydrogen-bond donors (Lipinski definition) is 2. The van der Waals surface area contributed by atoms with E-state index in [2.05, 4.69) is 0 Å². The average Bonchev–Trinajstić information content (AvgIpc) is 2.47. The number of rotatable bonds is 4. The number of aliphatic hydroxyl groups excluding tert-OH is 1. The van der Waals surface area contributed by atoms with Gasteiger partial charge >= 0.3 is 0 Å². The molecule has 110 valence electrons. The molecular weight excluding hydrogens is 256 g/mol. The SMILES string of the molecule is COc1cc(N)ccc1C(=O)N1CCCCC1CCO. The number of benzene rings is 1. The van der Waals surface area contributed by atoms with Crippen LogP contribution in [0.1, 0.15) is 36.0 Å². The molecule has 1 aliphatic rings. The molecule has 0 radical (unpaired) electrons. The highest BCUT2D eigenvalue weighted by atomic mass is 16.5. The van der Waals surface area contributed by atoms with Crippen LogP contribution in [0.3, 0.4) is 0 Å². The van der Waals surface area contributed by atoms with Gasteiger partial charge in [0.15, 0.2) is 0 Å². The maximum absolute atomic E-state index is 12.7. The zero-order valence-corrected chi connectivity index (χ0v) is 11.8. The number of hydrogen-bond acceptors (Lipinski definition) is 4. The van der Waals surface area contributed by atoms with Gasteiger partial charge in [-0.15, -0.1) is 0 Å². The molecule has 1 aliphatic heterocycles. The van der Waals surface area contributed by atoms with Gasteiger partial charge in [-0.05, 0) is 37.8 Å². The molecule has 1 amide bonds. The fraction of sp³-hybridized carbons (Fsp3) is 0.533. The minimum absolute atomic E-state index is 0.0417. The smallest absolute Gasteiger partial charge is 0.257 e. The first-order valence-corrected chi connectivity index (χ1v) is 7.02. The van der Waals surface area contributed by atoms with Crippen molar-refractivity contribution in [2.24, 2.45) is 0 Å². The first-order valence-electron chi connectivity index (χ1n) is 7.02. The van der Waals surface area contributed by atoms with Crippen molar-refractivity contribution in [3.63, 3.8) is 0 Å². The Balaban J connectivity index is 2.24. The molecule has 1 aromatic carbocycles. The van der Waals surface area contributed by atoms with Crippen LogP contribution in [0.15, 0.2) is 18.2 Å². The number of ether oxygens (including phenoxy) is 1. The highest BCUT2D eigenvalue weighted by molar-refractivity contribution is 5.97. The molecule has 1 fully saturated rings. The van der Waals surface area contributed by atoms with E-state index in [1.807, 2.05) is 4.90 Å². The number of methoxy groups -OCH3 is 1. The van der Waals surface area contributed by atoms with Crippen LogP contribution in [0.4, 0.5) is 5.69 Å². The lowest BCUT2D eigenvalue weighted by atomic mass is 9.98. The largest absolute Gasteiger partial charge is 0.496 e. The van der Waals surface area contributed by atoms with E-state index in [4.69, 9.17) is 15.6 Å². The predicted octanol–water partition coefficient (Wildman–Crippen LogP) is 1.65. The Morgan fingerprint density at radius 1 is 1.50 bits per heavy atom. The standard InChI is InChI=1S/C15H22N2O3/c1-20-14-10-11(16)5-6-13(14)15(19)17-8-3-2-4-12(17)7-9-18/h5-6,10,12,18H,2-4,7-9,16H2,1H3. The monoisotopic (exact) mass is 278 g/mol.